The first-order valence-corrected chi connectivity index (χ1v) is 4.60. The largest absolute Gasteiger partial charge is 0.481 e. The molecule has 0 fully saturated rings. The third-order valence-corrected chi connectivity index (χ3v) is 1.94. The quantitative estimate of drug-likeness (QED) is 0.807. The van der Waals surface area contributed by atoms with Gasteiger partial charge in [0.25, 0.3) is 5.91 Å². The Balaban J connectivity index is 2.09. The molecule has 6 heteroatoms. The van der Waals surface area contributed by atoms with Gasteiger partial charge in [-0.25, -0.2) is 9.97 Å². The summed E-state index contributed by atoms with van der Waals surface area (Å²) in [6.07, 6.45) is 4.63. The Morgan fingerprint density at radius 1 is 1.44 bits per heavy atom. The maximum atomic E-state index is 11.7. The lowest BCUT2D eigenvalue weighted by atomic mass is 10.3. The number of anilines is 1. The number of carbonyl (C=O) groups excluding carboxylic acids is 1. The van der Waals surface area contributed by atoms with Crippen molar-refractivity contribution in [3.8, 4) is 5.88 Å². The Labute approximate surface area is 91.7 Å². The number of hydrogen-bond donors (Lipinski definition) is 2. The van der Waals surface area contributed by atoms with Crippen LogP contribution in [0.15, 0.2) is 30.7 Å². The van der Waals surface area contributed by atoms with E-state index in [0.717, 1.165) is 0 Å². The summed E-state index contributed by atoms with van der Waals surface area (Å²) in [5.41, 5.74) is 0.442. The van der Waals surface area contributed by atoms with Crippen LogP contribution in [0, 0.1) is 0 Å². The molecule has 2 heterocycles. The molecule has 0 aliphatic heterocycles. The van der Waals surface area contributed by atoms with E-state index in [0.29, 0.717) is 17.4 Å². The molecule has 0 aromatic carbocycles. The van der Waals surface area contributed by atoms with Gasteiger partial charge in [-0.2, -0.15) is 0 Å². The summed E-state index contributed by atoms with van der Waals surface area (Å²) < 4.78 is 4.89. The Morgan fingerprint density at radius 3 is 2.88 bits per heavy atom. The second kappa shape index (κ2) is 4.43. The van der Waals surface area contributed by atoms with Crippen LogP contribution in [0.25, 0.3) is 0 Å². The van der Waals surface area contributed by atoms with Crippen LogP contribution in [-0.4, -0.2) is 28.0 Å². The van der Waals surface area contributed by atoms with E-state index in [1.807, 2.05) is 0 Å². The molecule has 0 saturated heterocycles. The highest BCUT2D eigenvalue weighted by Gasteiger charge is 2.07. The second-order valence-electron chi connectivity index (χ2n) is 2.98. The molecule has 1 amide bonds. The van der Waals surface area contributed by atoms with Crippen LogP contribution in [0.3, 0.4) is 0 Å². The molecule has 16 heavy (non-hydrogen) atoms. The molecule has 0 aliphatic rings. The number of aromatic nitrogens is 3. The van der Waals surface area contributed by atoms with Crippen LogP contribution in [0.5, 0.6) is 5.88 Å². The molecule has 0 bridgehead atoms. The summed E-state index contributed by atoms with van der Waals surface area (Å²) in [5.74, 6) is 0.598. The molecule has 0 unspecified atom stereocenters. The van der Waals surface area contributed by atoms with Gasteiger partial charge in [0.2, 0.25) is 11.8 Å². The average molecular weight is 218 g/mol. The highest BCUT2D eigenvalue weighted by molar-refractivity contribution is 6.03. The molecule has 0 aliphatic carbocycles. The second-order valence-corrected chi connectivity index (χ2v) is 2.98. The van der Waals surface area contributed by atoms with E-state index in [4.69, 9.17) is 4.74 Å². The third kappa shape index (κ3) is 2.17. The number of pyridine rings is 1. The fourth-order valence-electron chi connectivity index (χ4n) is 1.15. The number of imidazole rings is 1. The number of hydrogen-bond acceptors (Lipinski definition) is 4. The fourth-order valence-corrected chi connectivity index (χ4v) is 1.15. The summed E-state index contributed by atoms with van der Waals surface area (Å²) in [6, 6.07) is 3.25. The highest BCUT2D eigenvalue weighted by atomic mass is 16.5. The van der Waals surface area contributed by atoms with Crippen molar-refractivity contribution in [2.75, 3.05) is 12.4 Å². The van der Waals surface area contributed by atoms with Crippen LogP contribution in [-0.2, 0) is 0 Å². The van der Waals surface area contributed by atoms with Crippen molar-refractivity contribution < 1.29 is 9.53 Å². The molecular formula is C10H10N4O2. The van der Waals surface area contributed by atoms with Gasteiger partial charge in [-0.15, -0.1) is 0 Å². The van der Waals surface area contributed by atoms with Crippen molar-refractivity contribution >= 4 is 11.9 Å². The molecule has 0 atom stereocenters. The maximum Gasteiger partial charge on any atom is 0.259 e. The van der Waals surface area contributed by atoms with E-state index in [1.54, 1.807) is 24.5 Å². The molecule has 2 aromatic rings. The average Bonchev–Trinajstić information content (AvgIpc) is 2.82. The number of ether oxygens (including phenoxy) is 1. The SMILES string of the molecule is COc1ccc(C(=O)Nc2ncc[nH]2)cn1. The Hall–Kier alpha value is -2.37. The van der Waals surface area contributed by atoms with Gasteiger partial charge >= 0.3 is 0 Å². The summed E-state index contributed by atoms with van der Waals surface area (Å²) in [4.78, 5) is 22.2. The van der Waals surface area contributed by atoms with E-state index in [-0.39, 0.29) is 5.91 Å². The van der Waals surface area contributed by atoms with Crippen molar-refractivity contribution in [2.45, 2.75) is 0 Å². The number of rotatable bonds is 3. The number of carbonyl (C=O) groups is 1. The molecule has 82 valence electrons. The maximum absolute atomic E-state index is 11.7. The van der Waals surface area contributed by atoms with Crippen LogP contribution in [0.2, 0.25) is 0 Å². The number of methoxy groups -OCH3 is 1. The number of amides is 1. The molecule has 2 rings (SSSR count). The first-order chi connectivity index (χ1) is 7.79. The highest BCUT2D eigenvalue weighted by Crippen LogP contribution is 2.08. The summed E-state index contributed by atoms with van der Waals surface area (Å²) in [6.45, 7) is 0. The van der Waals surface area contributed by atoms with E-state index >= 15 is 0 Å². The monoisotopic (exact) mass is 218 g/mol. The molecule has 0 radical (unpaired) electrons. The third-order valence-electron chi connectivity index (χ3n) is 1.94. The molecule has 0 spiro atoms. The van der Waals surface area contributed by atoms with Crippen LogP contribution in [0.4, 0.5) is 5.95 Å². The molecule has 6 nitrogen and oxygen atoms in total. The predicted molar refractivity (Wildman–Crippen MR) is 57.3 cm³/mol. The predicted octanol–water partition coefficient (Wildman–Crippen LogP) is 1.07. The van der Waals surface area contributed by atoms with Gasteiger partial charge in [0.15, 0.2) is 0 Å². The van der Waals surface area contributed by atoms with Gasteiger partial charge in [-0.05, 0) is 6.07 Å². The molecule has 2 N–H and O–H groups in total. The number of nitrogens with zero attached hydrogens (tertiary/aromatic N) is 2. The summed E-state index contributed by atoms with van der Waals surface area (Å²) >= 11 is 0. The number of aromatic amines is 1. The minimum absolute atomic E-state index is 0.273. The van der Waals surface area contributed by atoms with Gasteiger partial charge in [0.1, 0.15) is 0 Å². The minimum atomic E-state index is -0.273. The van der Waals surface area contributed by atoms with Gasteiger partial charge < -0.3 is 9.72 Å². The van der Waals surface area contributed by atoms with Crippen LogP contribution < -0.4 is 10.1 Å². The summed E-state index contributed by atoms with van der Waals surface area (Å²) in [7, 11) is 1.52. The van der Waals surface area contributed by atoms with Crippen molar-refractivity contribution in [1.82, 2.24) is 15.0 Å². The topological polar surface area (TPSA) is 79.9 Å². The van der Waals surface area contributed by atoms with Gasteiger partial charge in [-0.1, -0.05) is 0 Å². The first-order valence-electron chi connectivity index (χ1n) is 4.60. The lowest BCUT2D eigenvalue weighted by Crippen LogP contribution is -2.13. The fraction of sp³-hybridized carbons (Fsp3) is 0.100. The Kier molecular flexibility index (Phi) is 2.81. The summed E-state index contributed by atoms with van der Waals surface area (Å²) in [5, 5.41) is 2.59. The van der Waals surface area contributed by atoms with Crippen LogP contribution >= 0.6 is 0 Å². The standard InChI is InChI=1S/C10H10N4O2/c1-16-8-3-2-7(6-13-8)9(15)14-10-11-4-5-12-10/h2-6H,1H3,(H2,11,12,14,15). The van der Waals surface area contributed by atoms with E-state index in [1.165, 1.54) is 13.3 Å². The number of H-pyrrole nitrogens is 1. The zero-order chi connectivity index (χ0) is 11.4. The zero-order valence-electron chi connectivity index (χ0n) is 8.60. The van der Waals surface area contributed by atoms with Gasteiger partial charge in [-0.3, -0.25) is 10.1 Å². The first kappa shape index (κ1) is 10.2. The van der Waals surface area contributed by atoms with Crippen molar-refractivity contribution in [3.63, 3.8) is 0 Å². The van der Waals surface area contributed by atoms with Crippen molar-refractivity contribution in [2.24, 2.45) is 0 Å². The molecular weight excluding hydrogens is 208 g/mol. The van der Waals surface area contributed by atoms with Crippen molar-refractivity contribution in [1.29, 1.82) is 0 Å². The van der Waals surface area contributed by atoms with Gasteiger partial charge in [0, 0.05) is 24.7 Å². The Bertz CT molecular complexity index is 464. The molecule has 0 saturated carbocycles. The van der Waals surface area contributed by atoms with E-state index < -0.39 is 0 Å². The zero-order valence-corrected chi connectivity index (χ0v) is 8.60. The number of nitrogens with one attached hydrogen (secondary N) is 2. The Morgan fingerprint density at radius 2 is 2.31 bits per heavy atom. The van der Waals surface area contributed by atoms with E-state index in [9.17, 15) is 4.79 Å². The lowest BCUT2D eigenvalue weighted by Gasteiger charge is -2.02. The van der Waals surface area contributed by atoms with E-state index in [2.05, 4.69) is 20.3 Å². The van der Waals surface area contributed by atoms with Gasteiger partial charge in [0.05, 0.1) is 12.7 Å². The molecule has 2 aromatic heterocycles. The van der Waals surface area contributed by atoms with Crippen LogP contribution in [0.1, 0.15) is 10.4 Å². The smallest absolute Gasteiger partial charge is 0.259 e. The lowest BCUT2D eigenvalue weighted by molar-refractivity contribution is 0.102. The normalized spacial score (nSPS) is 9.81. The van der Waals surface area contributed by atoms with Crippen molar-refractivity contribution in [3.05, 3.63) is 36.3 Å². The minimum Gasteiger partial charge on any atom is -0.481 e.